The normalized spacial score (nSPS) is 10.9. The van der Waals surface area contributed by atoms with Crippen LogP contribution >= 0.6 is 22.6 Å². The molecule has 0 saturated carbocycles. The van der Waals surface area contributed by atoms with Gasteiger partial charge in [-0.05, 0) is 35.6 Å². The summed E-state index contributed by atoms with van der Waals surface area (Å²) < 4.78 is 8.50. The second-order valence-electron chi connectivity index (χ2n) is 3.35. The van der Waals surface area contributed by atoms with Gasteiger partial charge in [-0.2, -0.15) is 5.10 Å². The largest absolute Gasteiger partial charge is 0.465 e. The standard InChI is InChI=1S/C10H12IN3O/c1-7-8(2-10(3-12)15-7)5-14-6-9(11)4-13-14/h2,4,6H,3,5,12H2,1H3. The Balaban J connectivity index is 2.20. The van der Waals surface area contributed by atoms with Gasteiger partial charge in [-0.1, -0.05) is 0 Å². The van der Waals surface area contributed by atoms with E-state index in [0.717, 1.165) is 27.2 Å². The SMILES string of the molecule is Cc1oc(CN)cc1Cn1cc(I)cn1. The van der Waals surface area contributed by atoms with Crippen molar-refractivity contribution in [1.29, 1.82) is 0 Å². The molecule has 0 spiro atoms. The van der Waals surface area contributed by atoms with Gasteiger partial charge in [0, 0.05) is 11.8 Å². The summed E-state index contributed by atoms with van der Waals surface area (Å²) in [5.41, 5.74) is 6.65. The highest BCUT2D eigenvalue weighted by atomic mass is 127. The molecule has 0 fully saturated rings. The quantitative estimate of drug-likeness (QED) is 0.880. The molecule has 0 aliphatic carbocycles. The molecule has 0 amide bonds. The van der Waals surface area contributed by atoms with Gasteiger partial charge in [-0.25, -0.2) is 0 Å². The summed E-state index contributed by atoms with van der Waals surface area (Å²) in [5, 5.41) is 4.22. The van der Waals surface area contributed by atoms with Gasteiger partial charge in [0.2, 0.25) is 0 Å². The second kappa shape index (κ2) is 4.36. The van der Waals surface area contributed by atoms with Crippen molar-refractivity contribution in [3.8, 4) is 0 Å². The summed E-state index contributed by atoms with van der Waals surface area (Å²) >= 11 is 2.24. The number of nitrogens with zero attached hydrogens (tertiary/aromatic N) is 2. The van der Waals surface area contributed by atoms with E-state index in [4.69, 9.17) is 10.2 Å². The summed E-state index contributed by atoms with van der Waals surface area (Å²) in [6.45, 7) is 3.12. The molecule has 5 heteroatoms. The minimum absolute atomic E-state index is 0.442. The Hall–Kier alpha value is -0.820. The molecular formula is C10H12IN3O. The van der Waals surface area contributed by atoms with Crippen LogP contribution in [0, 0.1) is 10.5 Å². The van der Waals surface area contributed by atoms with E-state index in [1.807, 2.05) is 30.1 Å². The predicted octanol–water partition coefficient (Wildman–Crippen LogP) is 1.90. The van der Waals surface area contributed by atoms with Gasteiger partial charge in [0.25, 0.3) is 0 Å². The third-order valence-corrected chi connectivity index (χ3v) is 2.76. The lowest BCUT2D eigenvalue weighted by molar-refractivity contribution is 0.481. The molecule has 2 rings (SSSR count). The lowest BCUT2D eigenvalue weighted by atomic mass is 10.2. The van der Waals surface area contributed by atoms with Gasteiger partial charge in [0.1, 0.15) is 11.5 Å². The van der Waals surface area contributed by atoms with Crippen molar-refractivity contribution >= 4 is 22.6 Å². The Morgan fingerprint density at radius 2 is 2.40 bits per heavy atom. The van der Waals surface area contributed by atoms with Crippen molar-refractivity contribution < 1.29 is 4.42 Å². The van der Waals surface area contributed by atoms with E-state index in [0.29, 0.717) is 6.54 Å². The maximum atomic E-state index is 5.51. The van der Waals surface area contributed by atoms with Gasteiger partial charge in [-0.3, -0.25) is 4.68 Å². The molecule has 0 saturated heterocycles. The molecule has 2 aromatic heterocycles. The summed E-state index contributed by atoms with van der Waals surface area (Å²) in [7, 11) is 0. The molecule has 2 aromatic rings. The molecule has 0 aromatic carbocycles. The molecule has 0 bridgehead atoms. The van der Waals surface area contributed by atoms with Crippen molar-refractivity contribution in [3.63, 3.8) is 0 Å². The molecular weight excluding hydrogens is 305 g/mol. The molecule has 2 heterocycles. The number of nitrogens with two attached hydrogens (primary N) is 1. The lowest BCUT2D eigenvalue weighted by Gasteiger charge is -1.98. The van der Waals surface area contributed by atoms with E-state index in [-0.39, 0.29) is 0 Å². The van der Waals surface area contributed by atoms with E-state index < -0.39 is 0 Å². The van der Waals surface area contributed by atoms with E-state index in [2.05, 4.69) is 27.7 Å². The second-order valence-corrected chi connectivity index (χ2v) is 4.60. The average Bonchev–Trinajstić information content (AvgIpc) is 2.75. The first kappa shape index (κ1) is 10.7. The molecule has 4 nitrogen and oxygen atoms in total. The molecule has 2 N–H and O–H groups in total. The van der Waals surface area contributed by atoms with Gasteiger partial charge in [0.05, 0.1) is 22.9 Å². The van der Waals surface area contributed by atoms with Crippen molar-refractivity contribution in [3.05, 3.63) is 39.1 Å². The fourth-order valence-corrected chi connectivity index (χ4v) is 1.89. The number of halogens is 1. The van der Waals surface area contributed by atoms with Gasteiger partial charge in [-0.15, -0.1) is 0 Å². The maximum absolute atomic E-state index is 5.51. The Morgan fingerprint density at radius 1 is 1.60 bits per heavy atom. The monoisotopic (exact) mass is 317 g/mol. The maximum Gasteiger partial charge on any atom is 0.118 e. The third kappa shape index (κ3) is 2.40. The van der Waals surface area contributed by atoms with Crippen molar-refractivity contribution in [2.75, 3.05) is 0 Å². The highest BCUT2D eigenvalue weighted by Crippen LogP contribution is 2.15. The molecule has 0 aliphatic rings. The zero-order chi connectivity index (χ0) is 10.8. The van der Waals surface area contributed by atoms with Crippen LogP contribution in [0.5, 0.6) is 0 Å². The average molecular weight is 317 g/mol. The molecule has 80 valence electrons. The Labute approximate surface area is 102 Å². The number of rotatable bonds is 3. The van der Waals surface area contributed by atoms with Crippen LogP contribution in [0.15, 0.2) is 22.9 Å². The van der Waals surface area contributed by atoms with Crippen LogP contribution < -0.4 is 5.73 Å². The van der Waals surface area contributed by atoms with Crippen molar-refractivity contribution in [2.24, 2.45) is 5.73 Å². The molecule has 0 aliphatic heterocycles. The Bertz CT molecular complexity index is 461. The van der Waals surface area contributed by atoms with Crippen LogP contribution in [-0.2, 0) is 13.1 Å². The topological polar surface area (TPSA) is 57.0 Å². The summed E-state index contributed by atoms with van der Waals surface area (Å²) in [6, 6.07) is 1.99. The fourth-order valence-electron chi connectivity index (χ4n) is 1.44. The summed E-state index contributed by atoms with van der Waals surface area (Å²) in [4.78, 5) is 0. The first-order valence-corrected chi connectivity index (χ1v) is 5.73. The molecule has 0 radical (unpaired) electrons. The minimum Gasteiger partial charge on any atom is -0.465 e. The van der Waals surface area contributed by atoms with Crippen molar-refractivity contribution in [2.45, 2.75) is 20.0 Å². The zero-order valence-corrected chi connectivity index (χ0v) is 10.6. The van der Waals surface area contributed by atoms with Crippen molar-refractivity contribution in [1.82, 2.24) is 9.78 Å². The van der Waals surface area contributed by atoms with Crippen LogP contribution in [0.25, 0.3) is 0 Å². The lowest BCUT2D eigenvalue weighted by Crippen LogP contribution is -2.00. The van der Waals surface area contributed by atoms with Crippen LogP contribution in [0.4, 0.5) is 0 Å². The van der Waals surface area contributed by atoms with Gasteiger partial charge >= 0.3 is 0 Å². The third-order valence-electron chi connectivity index (χ3n) is 2.21. The minimum atomic E-state index is 0.442. The number of hydrogen-bond donors (Lipinski definition) is 1. The molecule has 0 unspecified atom stereocenters. The highest BCUT2D eigenvalue weighted by molar-refractivity contribution is 14.1. The number of furan rings is 1. The Kier molecular flexibility index (Phi) is 3.11. The van der Waals surface area contributed by atoms with E-state index in [1.54, 1.807) is 0 Å². The van der Waals surface area contributed by atoms with Crippen LogP contribution in [0.1, 0.15) is 17.1 Å². The zero-order valence-electron chi connectivity index (χ0n) is 8.40. The highest BCUT2D eigenvalue weighted by Gasteiger charge is 2.07. The fraction of sp³-hybridized carbons (Fsp3) is 0.300. The van der Waals surface area contributed by atoms with Gasteiger partial charge < -0.3 is 10.2 Å². The first-order chi connectivity index (χ1) is 7.19. The van der Waals surface area contributed by atoms with Gasteiger partial charge in [0.15, 0.2) is 0 Å². The molecule has 0 atom stereocenters. The number of aryl methyl sites for hydroxylation is 1. The summed E-state index contributed by atoms with van der Waals surface area (Å²) in [6.07, 6.45) is 3.83. The van der Waals surface area contributed by atoms with E-state index >= 15 is 0 Å². The van der Waals surface area contributed by atoms with Crippen LogP contribution in [0.2, 0.25) is 0 Å². The van der Waals surface area contributed by atoms with Crippen LogP contribution in [0.3, 0.4) is 0 Å². The Morgan fingerprint density at radius 3 is 2.93 bits per heavy atom. The first-order valence-electron chi connectivity index (χ1n) is 4.65. The van der Waals surface area contributed by atoms with E-state index in [9.17, 15) is 0 Å². The number of hydrogen-bond acceptors (Lipinski definition) is 3. The van der Waals surface area contributed by atoms with E-state index in [1.165, 1.54) is 0 Å². The summed E-state index contributed by atoms with van der Waals surface area (Å²) in [5.74, 6) is 1.74. The predicted molar refractivity (Wildman–Crippen MR) is 65.4 cm³/mol. The molecule has 15 heavy (non-hydrogen) atoms. The number of aromatic nitrogens is 2. The van der Waals surface area contributed by atoms with Crippen LogP contribution in [-0.4, -0.2) is 9.78 Å². The smallest absolute Gasteiger partial charge is 0.118 e.